The van der Waals surface area contributed by atoms with E-state index in [1.807, 2.05) is 24.3 Å². The summed E-state index contributed by atoms with van der Waals surface area (Å²) in [7, 11) is 0. The molecule has 0 aliphatic carbocycles. The number of benzene rings is 2. The van der Waals surface area contributed by atoms with Crippen LogP contribution in [0.2, 0.25) is 0 Å². The molecule has 30 heavy (non-hydrogen) atoms. The van der Waals surface area contributed by atoms with Crippen molar-refractivity contribution in [2.75, 3.05) is 6.54 Å². The van der Waals surface area contributed by atoms with Gasteiger partial charge in [-0.3, -0.25) is 24.8 Å². The van der Waals surface area contributed by atoms with Crippen molar-refractivity contribution >= 4 is 17.6 Å². The van der Waals surface area contributed by atoms with Gasteiger partial charge in [-0.15, -0.1) is 0 Å². The zero-order chi connectivity index (χ0) is 21.0. The average Bonchev–Trinajstić information content (AvgIpc) is 3.38. The molecule has 0 spiro atoms. The molecule has 3 saturated heterocycles. The van der Waals surface area contributed by atoms with Crippen molar-refractivity contribution in [3.8, 4) is 5.75 Å². The van der Waals surface area contributed by atoms with Gasteiger partial charge < -0.3 is 10.8 Å². The van der Waals surface area contributed by atoms with Crippen LogP contribution in [0.4, 0.5) is 0 Å². The predicted octanol–water partition coefficient (Wildman–Crippen LogP) is 2.00. The number of amides is 2. The van der Waals surface area contributed by atoms with Gasteiger partial charge in [0.15, 0.2) is 0 Å². The SMILES string of the molecule is N=C(N)c1ccc([C@@H]2[C@@H]3C(=O)N(Cc4ccc(O)cc4)C(=O)[C@@H]3[C@H]3CCCN32)cc1. The summed E-state index contributed by atoms with van der Waals surface area (Å²) in [6.45, 7) is 1.11. The highest BCUT2D eigenvalue weighted by atomic mass is 16.3. The van der Waals surface area contributed by atoms with Gasteiger partial charge in [0.2, 0.25) is 11.8 Å². The van der Waals surface area contributed by atoms with Crippen LogP contribution in [0.3, 0.4) is 0 Å². The van der Waals surface area contributed by atoms with Crippen LogP contribution in [0.25, 0.3) is 0 Å². The Morgan fingerprint density at radius 2 is 1.70 bits per heavy atom. The topological polar surface area (TPSA) is 111 Å². The van der Waals surface area contributed by atoms with Gasteiger partial charge in [-0.25, -0.2) is 0 Å². The van der Waals surface area contributed by atoms with Crippen LogP contribution < -0.4 is 5.73 Å². The van der Waals surface area contributed by atoms with Gasteiger partial charge in [0.1, 0.15) is 11.6 Å². The molecule has 0 bridgehead atoms. The number of carbonyl (C=O) groups excluding carboxylic acids is 2. The van der Waals surface area contributed by atoms with E-state index in [4.69, 9.17) is 11.1 Å². The number of phenolic OH excluding ortho intramolecular Hbond substituents is 1. The number of imide groups is 1. The molecule has 4 N–H and O–H groups in total. The number of nitrogens with zero attached hydrogens (tertiary/aromatic N) is 2. The summed E-state index contributed by atoms with van der Waals surface area (Å²) < 4.78 is 0. The van der Waals surface area contributed by atoms with Crippen LogP contribution in [0.15, 0.2) is 48.5 Å². The fraction of sp³-hybridized carbons (Fsp3) is 0.348. The standard InChI is InChI=1S/C23H24N4O3/c24-21(25)15-7-5-14(6-8-15)20-19-18(17-2-1-11-26(17)20)22(29)27(23(19)30)12-13-3-9-16(28)10-4-13/h3-10,17-20,28H,1-2,11-12H2,(H3,24,25)/t17-,18-,19-,20-/m1/s1. The molecule has 2 aromatic rings. The van der Waals surface area contributed by atoms with Gasteiger partial charge in [-0.2, -0.15) is 0 Å². The van der Waals surface area contributed by atoms with E-state index >= 15 is 0 Å². The van der Waals surface area contributed by atoms with E-state index in [-0.39, 0.29) is 53.9 Å². The Hall–Kier alpha value is -3.19. The maximum Gasteiger partial charge on any atom is 0.235 e. The normalized spacial score (nSPS) is 28.1. The molecule has 154 valence electrons. The van der Waals surface area contributed by atoms with Crippen molar-refractivity contribution in [3.05, 3.63) is 65.2 Å². The molecule has 0 radical (unpaired) electrons. The highest BCUT2D eigenvalue weighted by Crippen LogP contribution is 2.53. The van der Waals surface area contributed by atoms with E-state index < -0.39 is 0 Å². The minimum absolute atomic E-state index is 0.0112. The van der Waals surface area contributed by atoms with Crippen molar-refractivity contribution < 1.29 is 14.7 Å². The summed E-state index contributed by atoms with van der Waals surface area (Å²) in [6, 6.07) is 14.1. The van der Waals surface area contributed by atoms with Gasteiger partial charge in [-0.05, 0) is 42.6 Å². The summed E-state index contributed by atoms with van der Waals surface area (Å²) in [5, 5.41) is 17.1. The zero-order valence-corrected chi connectivity index (χ0v) is 16.5. The second-order valence-electron chi connectivity index (χ2n) is 8.41. The Morgan fingerprint density at radius 3 is 2.37 bits per heavy atom. The number of nitrogens with two attached hydrogens (primary N) is 1. The zero-order valence-electron chi connectivity index (χ0n) is 16.5. The smallest absolute Gasteiger partial charge is 0.235 e. The predicted molar refractivity (Wildman–Crippen MR) is 111 cm³/mol. The number of hydrogen-bond donors (Lipinski definition) is 3. The maximum absolute atomic E-state index is 13.4. The highest BCUT2D eigenvalue weighted by Gasteiger charge is 2.62. The third-order valence-corrected chi connectivity index (χ3v) is 6.78. The third-order valence-electron chi connectivity index (χ3n) is 6.78. The lowest BCUT2D eigenvalue weighted by molar-refractivity contribution is -0.142. The Kier molecular flexibility index (Phi) is 4.36. The molecular weight excluding hydrogens is 380 g/mol. The molecule has 3 aliphatic heterocycles. The number of phenols is 1. The number of nitrogen functional groups attached to an aromatic ring is 1. The Bertz CT molecular complexity index is 1020. The molecule has 0 saturated carbocycles. The molecule has 4 atom stereocenters. The van der Waals surface area contributed by atoms with E-state index in [2.05, 4.69) is 4.90 Å². The Labute approximate surface area is 174 Å². The molecule has 7 nitrogen and oxygen atoms in total. The summed E-state index contributed by atoms with van der Waals surface area (Å²) in [5.74, 6) is -0.730. The monoisotopic (exact) mass is 404 g/mol. The highest BCUT2D eigenvalue weighted by molar-refractivity contribution is 6.06. The minimum Gasteiger partial charge on any atom is -0.508 e. The summed E-state index contributed by atoms with van der Waals surface area (Å²) in [5.41, 5.74) is 8.04. The van der Waals surface area contributed by atoms with E-state index in [0.29, 0.717) is 5.56 Å². The second-order valence-corrected chi connectivity index (χ2v) is 8.41. The first-order chi connectivity index (χ1) is 14.5. The fourth-order valence-electron chi connectivity index (χ4n) is 5.46. The number of nitrogens with one attached hydrogen (secondary N) is 1. The number of aromatic hydroxyl groups is 1. The first-order valence-corrected chi connectivity index (χ1v) is 10.3. The van der Waals surface area contributed by atoms with E-state index in [1.54, 1.807) is 24.3 Å². The summed E-state index contributed by atoms with van der Waals surface area (Å²) in [6.07, 6.45) is 1.95. The number of rotatable bonds is 4. The van der Waals surface area contributed by atoms with Crippen molar-refractivity contribution in [2.45, 2.75) is 31.5 Å². The lowest BCUT2D eigenvalue weighted by atomic mass is 9.85. The van der Waals surface area contributed by atoms with Crippen molar-refractivity contribution in [1.82, 2.24) is 9.80 Å². The lowest BCUT2D eigenvalue weighted by Gasteiger charge is -2.29. The van der Waals surface area contributed by atoms with Crippen LogP contribution in [0.1, 0.15) is 35.6 Å². The van der Waals surface area contributed by atoms with Gasteiger partial charge in [0.25, 0.3) is 0 Å². The number of carbonyl (C=O) groups is 2. The molecule has 3 aliphatic rings. The minimum atomic E-state index is -0.386. The van der Waals surface area contributed by atoms with Crippen LogP contribution >= 0.6 is 0 Å². The molecule has 3 heterocycles. The molecule has 2 aromatic carbocycles. The molecular formula is C23H24N4O3. The number of likely N-dealkylation sites (tertiary alicyclic amines) is 1. The Balaban J connectivity index is 1.48. The summed E-state index contributed by atoms with van der Waals surface area (Å²) in [4.78, 5) is 30.5. The molecule has 7 heteroatoms. The van der Waals surface area contributed by atoms with Gasteiger partial charge in [0, 0.05) is 17.6 Å². The van der Waals surface area contributed by atoms with Gasteiger partial charge in [-0.1, -0.05) is 36.4 Å². The number of amidine groups is 1. The molecule has 0 unspecified atom stereocenters. The largest absolute Gasteiger partial charge is 0.508 e. The number of hydrogen-bond acceptors (Lipinski definition) is 5. The van der Waals surface area contributed by atoms with Gasteiger partial charge in [0.05, 0.1) is 18.4 Å². The number of fused-ring (bicyclic) bond motifs is 3. The average molecular weight is 404 g/mol. The van der Waals surface area contributed by atoms with Crippen LogP contribution in [0, 0.1) is 17.2 Å². The molecule has 5 rings (SSSR count). The fourth-order valence-corrected chi connectivity index (χ4v) is 5.46. The molecule has 3 fully saturated rings. The van der Waals surface area contributed by atoms with Crippen LogP contribution in [0.5, 0.6) is 5.75 Å². The first kappa shape index (κ1) is 18.8. The van der Waals surface area contributed by atoms with Gasteiger partial charge >= 0.3 is 0 Å². The molecule has 0 aromatic heterocycles. The first-order valence-electron chi connectivity index (χ1n) is 10.3. The van der Waals surface area contributed by atoms with Crippen LogP contribution in [-0.2, 0) is 16.1 Å². The van der Waals surface area contributed by atoms with Crippen LogP contribution in [-0.4, -0.2) is 45.1 Å². The summed E-state index contributed by atoms with van der Waals surface area (Å²) >= 11 is 0. The van der Waals surface area contributed by atoms with Crippen molar-refractivity contribution in [2.24, 2.45) is 17.6 Å². The third kappa shape index (κ3) is 2.81. The van der Waals surface area contributed by atoms with Crippen molar-refractivity contribution in [3.63, 3.8) is 0 Å². The lowest BCUT2D eigenvalue weighted by Crippen LogP contribution is -2.38. The Morgan fingerprint density at radius 1 is 1.03 bits per heavy atom. The quantitative estimate of drug-likeness (QED) is 0.410. The van der Waals surface area contributed by atoms with Crippen molar-refractivity contribution in [1.29, 1.82) is 5.41 Å². The van der Waals surface area contributed by atoms with E-state index in [0.717, 1.165) is 30.5 Å². The van der Waals surface area contributed by atoms with E-state index in [1.165, 1.54) is 4.90 Å². The van der Waals surface area contributed by atoms with E-state index in [9.17, 15) is 14.7 Å². The maximum atomic E-state index is 13.4. The molecule has 2 amide bonds. The second kappa shape index (κ2) is 6.95.